The van der Waals surface area contributed by atoms with Crippen LogP contribution in [-0.2, 0) is 11.2 Å². The van der Waals surface area contributed by atoms with Crippen LogP contribution < -0.4 is 0 Å². The molecule has 1 aliphatic heterocycles. The van der Waals surface area contributed by atoms with Crippen LogP contribution in [0.15, 0.2) is 52.3 Å². The molecule has 0 atom stereocenters. The molecule has 3 nitrogen and oxygen atoms in total. The molecule has 0 aliphatic carbocycles. The van der Waals surface area contributed by atoms with E-state index in [-0.39, 0.29) is 5.56 Å². The Kier molecular flexibility index (Phi) is 2.87. The SMILES string of the molecule is O=C(O)C(=O)c1ccc2c(c1)Cc1ccccc1S2. The molecule has 0 radical (unpaired) electrons. The smallest absolute Gasteiger partial charge is 0.377 e. The number of hydrogen-bond donors (Lipinski definition) is 1. The Bertz CT molecular complexity index is 692. The van der Waals surface area contributed by atoms with Gasteiger partial charge in [-0.1, -0.05) is 30.0 Å². The van der Waals surface area contributed by atoms with Crippen LogP contribution in [0.1, 0.15) is 21.5 Å². The minimum Gasteiger partial charge on any atom is -0.475 e. The van der Waals surface area contributed by atoms with Gasteiger partial charge in [0.2, 0.25) is 0 Å². The summed E-state index contributed by atoms with van der Waals surface area (Å²) in [6.07, 6.45) is 0.735. The number of ketones is 1. The van der Waals surface area contributed by atoms with E-state index in [1.807, 2.05) is 18.2 Å². The first kappa shape index (κ1) is 12.0. The van der Waals surface area contributed by atoms with Crippen molar-refractivity contribution in [3.8, 4) is 0 Å². The van der Waals surface area contributed by atoms with E-state index in [1.165, 1.54) is 10.5 Å². The van der Waals surface area contributed by atoms with Crippen molar-refractivity contribution in [3.63, 3.8) is 0 Å². The fourth-order valence-electron chi connectivity index (χ4n) is 2.15. The van der Waals surface area contributed by atoms with Gasteiger partial charge in [0.1, 0.15) is 0 Å². The van der Waals surface area contributed by atoms with Crippen LogP contribution in [-0.4, -0.2) is 16.9 Å². The van der Waals surface area contributed by atoms with Crippen molar-refractivity contribution in [2.45, 2.75) is 16.2 Å². The molecule has 1 heterocycles. The predicted octanol–water partition coefficient (Wildman–Crippen LogP) is 3.01. The summed E-state index contributed by atoms with van der Waals surface area (Å²) in [6.45, 7) is 0. The number of carboxylic acids is 1. The Balaban J connectivity index is 2.01. The lowest BCUT2D eigenvalue weighted by Gasteiger charge is -2.19. The molecule has 3 rings (SSSR count). The topological polar surface area (TPSA) is 54.4 Å². The van der Waals surface area contributed by atoms with Gasteiger partial charge in [-0.05, 0) is 41.8 Å². The van der Waals surface area contributed by atoms with Crippen LogP contribution >= 0.6 is 11.8 Å². The van der Waals surface area contributed by atoms with Crippen LogP contribution in [0, 0.1) is 0 Å². The number of rotatable bonds is 2. The minimum absolute atomic E-state index is 0.242. The molecular formula is C15H10O3S. The van der Waals surface area contributed by atoms with E-state index in [0.717, 1.165) is 16.9 Å². The average molecular weight is 270 g/mol. The molecule has 19 heavy (non-hydrogen) atoms. The van der Waals surface area contributed by atoms with Crippen molar-refractivity contribution < 1.29 is 14.7 Å². The second-order valence-electron chi connectivity index (χ2n) is 4.34. The van der Waals surface area contributed by atoms with Gasteiger partial charge in [0.05, 0.1) is 0 Å². The number of aliphatic carboxylic acids is 1. The Hall–Kier alpha value is -2.07. The second kappa shape index (κ2) is 4.55. The standard InChI is InChI=1S/C15H10O3S/c16-14(15(17)18)10-5-6-13-11(8-10)7-9-3-1-2-4-12(9)19-13/h1-6,8H,7H2,(H,17,18). The van der Waals surface area contributed by atoms with Crippen LogP contribution in [0.25, 0.3) is 0 Å². The lowest BCUT2D eigenvalue weighted by molar-refractivity contribution is -0.131. The lowest BCUT2D eigenvalue weighted by Crippen LogP contribution is -2.13. The molecule has 0 spiro atoms. The summed E-state index contributed by atoms with van der Waals surface area (Å²) in [5, 5.41) is 8.74. The van der Waals surface area contributed by atoms with Crippen LogP contribution in [0.2, 0.25) is 0 Å². The number of fused-ring (bicyclic) bond motifs is 2. The Morgan fingerprint density at radius 1 is 1.00 bits per heavy atom. The maximum atomic E-state index is 11.5. The highest BCUT2D eigenvalue weighted by atomic mass is 32.2. The van der Waals surface area contributed by atoms with Crippen molar-refractivity contribution in [1.82, 2.24) is 0 Å². The molecule has 94 valence electrons. The number of hydrogen-bond acceptors (Lipinski definition) is 3. The van der Waals surface area contributed by atoms with Crippen molar-refractivity contribution in [3.05, 3.63) is 59.2 Å². The number of benzene rings is 2. The van der Waals surface area contributed by atoms with Gasteiger partial charge in [-0.2, -0.15) is 0 Å². The van der Waals surface area contributed by atoms with Gasteiger partial charge < -0.3 is 5.11 Å². The molecule has 2 aromatic carbocycles. The van der Waals surface area contributed by atoms with E-state index in [4.69, 9.17) is 5.11 Å². The van der Waals surface area contributed by atoms with Gasteiger partial charge >= 0.3 is 5.97 Å². The summed E-state index contributed by atoms with van der Waals surface area (Å²) in [6, 6.07) is 13.2. The number of carbonyl (C=O) groups is 2. The first-order valence-corrected chi connectivity index (χ1v) is 6.63. The summed E-state index contributed by atoms with van der Waals surface area (Å²) in [4.78, 5) is 24.5. The number of carboxylic acid groups (broad SMARTS) is 1. The quantitative estimate of drug-likeness (QED) is 0.574. The van der Waals surface area contributed by atoms with Gasteiger partial charge in [0.25, 0.3) is 5.78 Å². The average Bonchev–Trinajstić information content (AvgIpc) is 2.43. The van der Waals surface area contributed by atoms with Gasteiger partial charge in [0.15, 0.2) is 0 Å². The summed E-state index contributed by atoms with van der Waals surface area (Å²) in [5.41, 5.74) is 2.46. The lowest BCUT2D eigenvalue weighted by atomic mass is 10.0. The Morgan fingerprint density at radius 3 is 2.53 bits per heavy atom. The molecule has 0 bridgehead atoms. The number of carbonyl (C=O) groups excluding carboxylic acids is 1. The fraction of sp³-hybridized carbons (Fsp3) is 0.0667. The third kappa shape index (κ3) is 2.15. The van der Waals surface area contributed by atoms with Gasteiger partial charge in [-0.15, -0.1) is 0 Å². The number of Topliss-reactive ketones (excluding diaryl/α,β-unsaturated/α-hetero) is 1. The van der Waals surface area contributed by atoms with Crippen molar-refractivity contribution in [2.75, 3.05) is 0 Å². The second-order valence-corrected chi connectivity index (χ2v) is 5.43. The highest BCUT2D eigenvalue weighted by Gasteiger charge is 2.20. The molecule has 0 saturated heterocycles. The maximum Gasteiger partial charge on any atom is 0.377 e. The Labute approximate surface area is 114 Å². The zero-order valence-corrected chi connectivity index (χ0v) is 10.7. The first-order chi connectivity index (χ1) is 9.15. The van der Waals surface area contributed by atoms with Crippen molar-refractivity contribution in [2.24, 2.45) is 0 Å². The highest BCUT2D eigenvalue weighted by molar-refractivity contribution is 7.99. The van der Waals surface area contributed by atoms with Crippen LogP contribution in [0.5, 0.6) is 0 Å². The summed E-state index contributed by atoms with van der Waals surface area (Å²) < 4.78 is 0. The third-order valence-electron chi connectivity index (χ3n) is 3.09. The van der Waals surface area contributed by atoms with E-state index in [0.29, 0.717) is 0 Å². The highest BCUT2D eigenvalue weighted by Crippen LogP contribution is 2.39. The summed E-state index contributed by atoms with van der Waals surface area (Å²) in [7, 11) is 0. The normalized spacial score (nSPS) is 12.4. The maximum absolute atomic E-state index is 11.5. The van der Waals surface area contributed by atoms with E-state index >= 15 is 0 Å². The summed E-state index contributed by atoms with van der Waals surface area (Å²) >= 11 is 1.65. The molecule has 1 N–H and O–H groups in total. The van der Waals surface area contributed by atoms with Crippen LogP contribution in [0.3, 0.4) is 0 Å². The summed E-state index contributed by atoms with van der Waals surface area (Å²) in [5.74, 6) is -2.27. The Morgan fingerprint density at radius 2 is 1.74 bits per heavy atom. The molecule has 0 unspecified atom stereocenters. The molecule has 1 aliphatic rings. The predicted molar refractivity (Wildman–Crippen MR) is 71.8 cm³/mol. The van der Waals surface area contributed by atoms with Gasteiger partial charge in [-0.25, -0.2) is 4.79 Å². The van der Waals surface area contributed by atoms with E-state index < -0.39 is 11.8 Å². The third-order valence-corrected chi connectivity index (χ3v) is 4.33. The molecular weight excluding hydrogens is 260 g/mol. The fourth-order valence-corrected chi connectivity index (χ4v) is 3.21. The molecule has 0 saturated carbocycles. The monoisotopic (exact) mass is 270 g/mol. The molecule has 2 aromatic rings. The molecule has 4 heteroatoms. The molecule has 0 amide bonds. The van der Waals surface area contributed by atoms with Crippen LogP contribution in [0.4, 0.5) is 0 Å². The molecule has 0 aromatic heterocycles. The van der Waals surface area contributed by atoms with E-state index in [1.54, 1.807) is 23.9 Å². The van der Waals surface area contributed by atoms with Gasteiger partial charge in [-0.3, -0.25) is 4.79 Å². The van der Waals surface area contributed by atoms with Gasteiger partial charge in [0, 0.05) is 15.4 Å². The van der Waals surface area contributed by atoms with E-state index in [9.17, 15) is 9.59 Å². The van der Waals surface area contributed by atoms with Crippen molar-refractivity contribution in [1.29, 1.82) is 0 Å². The minimum atomic E-state index is -1.41. The zero-order valence-electron chi connectivity index (χ0n) is 9.92. The first-order valence-electron chi connectivity index (χ1n) is 5.81. The van der Waals surface area contributed by atoms with Crippen molar-refractivity contribution >= 4 is 23.5 Å². The zero-order chi connectivity index (χ0) is 13.4. The molecule has 0 fully saturated rings. The van der Waals surface area contributed by atoms with E-state index in [2.05, 4.69) is 12.1 Å². The largest absolute Gasteiger partial charge is 0.475 e.